The highest BCUT2D eigenvalue weighted by molar-refractivity contribution is 5.82. The SMILES string of the molecule is CN(C=O)C(C)(C(=O)O)c1cc(F)ccc1F. The lowest BCUT2D eigenvalue weighted by Gasteiger charge is -2.32. The maximum atomic E-state index is 13.5. The third-order valence-electron chi connectivity index (χ3n) is 2.73. The number of carboxylic acids is 1. The van der Waals surface area contributed by atoms with Gasteiger partial charge < -0.3 is 10.0 Å². The number of hydrogen-bond acceptors (Lipinski definition) is 2. The van der Waals surface area contributed by atoms with Gasteiger partial charge in [-0.05, 0) is 25.1 Å². The molecule has 0 aliphatic heterocycles. The first kappa shape index (κ1) is 13.1. The van der Waals surface area contributed by atoms with Gasteiger partial charge in [-0.1, -0.05) is 0 Å². The van der Waals surface area contributed by atoms with Crippen LogP contribution in [0.5, 0.6) is 0 Å². The predicted molar refractivity (Wildman–Crippen MR) is 55.2 cm³/mol. The number of amides is 1. The van der Waals surface area contributed by atoms with Crippen LogP contribution in [0.1, 0.15) is 12.5 Å². The molecule has 4 nitrogen and oxygen atoms in total. The van der Waals surface area contributed by atoms with E-state index in [4.69, 9.17) is 5.11 Å². The minimum atomic E-state index is -1.95. The van der Waals surface area contributed by atoms with Gasteiger partial charge in [0, 0.05) is 12.6 Å². The van der Waals surface area contributed by atoms with Crippen LogP contribution in [-0.4, -0.2) is 29.4 Å². The Bertz CT molecular complexity index is 464. The Morgan fingerprint density at radius 1 is 1.47 bits per heavy atom. The van der Waals surface area contributed by atoms with E-state index in [0.29, 0.717) is 0 Å². The van der Waals surface area contributed by atoms with E-state index < -0.39 is 28.7 Å². The van der Waals surface area contributed by atoms with Gasteiger partial charge >= 0.3 is 5.97 Å². The number of carbonyl (C=O) groups excluding carboxylic acids is 1. The highest BCUT2D eigenvalue weighted by Crippen LogP contribution is 2.29. The van der Waals surface area contributed by atoms with Gasteiger partial charge in [-0.15, -0.1) is 0 Å². The Morgan fingerprint density at radius 3 is 2.53 bits per heavy atom. The Hall–Kier alpha value is -1.98. The molecule has 0 aliphatic carbocycles. The number of halogens is 2. The summed E-state index contributed by atoms with van der Waals surface area (Å²) < 4.78 is 26.6. The van der Waals surface area contributed by atoms with Crippen molar-refractivity contribution in [3.05, 3.63) is 35.4 Å². The summed E-state index contributed by atoms with van der Waals surface area (Å²) in [4.78, 5) is 22.6. The number of benzene rings is 1. The second-order valence-electron chi connectivity index (χ2n) is 3.72. The zero-order chi connectivity index (χ0) is 13.2. The van der Waals surface area contributed by atoms with Crippen molar-refractivity contribution in [3.63, 3.8) is 0 Å². The van der Waals surface area contributed by atoms with Gasteiger partial charge in [0.1, 0.15) is 11.6 Å². The molecule has 92 valence electrons. The maximum absolute atomic E-state index is 13.5. The molecule has 0 fully saturated rings. The first-order valence-electron chi connectivity index (χ1n) is 4.71. The van der Waals surface area contributed by atoms with Gasteiger partial charge in [0.2, 0.25) is 6.41 Å². The molecule has 0 heterocycles. The first-order chi connectivity index (χ1) is 7.83. The number of nitrogens with zero attached hydrogens (tertiary/aromatic N) is 1. The summed E-state index contributed by atoms with van der Waals surface area (Å²) in [5, 5.41) is 9.11. The maximum Gasteiger partial charge on any atom is 0.334 e. The van der Waals surface area contributed by atoms with E-state index in [-0.39, 0.29) is 6.41 Å². The van der Waals surface area contributed by atoms with Crippen molar-refractivity contribution in [2.45, 2.75) is 12.5 Å². The van der Waals surface area contributed by atoms with Crippen molar-refractivity contribution in [2.24, 2.45) is 0 Å². The normalized spacial score (nSPS) is 13.9. The van der Waals surface area contributed by atoms with Crippen molar-refractivity contribution < 1.29 is 23.5 Å². The molecule has 1 N–H and O–H groups in total. The van der Waals surface area contributed by atoms with Crippen molar-refractivity contribution in [1.29, 1.82) is 0 Å². The van der Waals surface area contributed by atoms with E-state index in [1.807, 2.05) is 0 Å². The van der Waals surface area contributed by atoms with Crippen LogP contribution in [0.25, 0.3) is 0 Å². The van der Waals surface area contributed by atoms with Crippen LogP contribution in [-0.2, 0) is 15.1 Å². The number of hydrogen-bond donors (Lipinski definition) is 1. The van der Waals surface area contributed by atoms with E-state index >= 15 is 0 Å². The van der Waals surface area contributed by atoms with Gasteiger partial charge in [0.25, 0.3) is 0 Å². The third-order valence-corrected chi connectivity index (χ3v) is 2.73. The average molecular weight is 243 g/mol. The summed E-state index contributed by atoms with van der Waals surface area (Å²) in [6.45, 7) is 1.13. The zero-order valence-corrected chi connectivity index (χ0v) is 9.28. The fourth-order valence-electron chi connectivity index (χ4n) is 1.43. The van der Waals surface area contributed by atoms with Crippen molar-refractivity contribution in [3.8, 4) is 0 Å². The molecule has 0 aromatic heterocycles. The van der Waals surface area contributed by atoms with Crippen molar-refractivity contribution >= 4 is 12.4 Å². The van der Waals surface area contributed by atoms with Gasteiger partial charge in [0.05, 0.1) is 0 Å². The molecule has 1 amide bonds. The number of carboxylic acid groups (broad SMARTS) is 1. The van der Waals surface area contributed by atoms with Gasteiger partial charge in [-0.2, -0.15) is 0 Å². The molecule has 1 unspecified atom stereocenters. The van der Waals surface area contributed by atoms with Crippen LogP contribution in [0.15, 0.2) is 18.2 Å². The molecule has 17 heavy (non-hydrogen) atoms. The minimum Gasteiger partial charge on any atom is -0.479 e. The molecular weight excluding hydrogens is 232 g/mol. The molecule has 0 saturated heterocycles. The topological polar surface area (TPSA) is 57.6 Å². The lowest BCUT2D eigenvalue weighted by molar-refractivity contribution is -0.153. The zero-order valence-electron chi connectivity index (χ0n) is 9.28. The molecule has 1 aromatic rings. The Balaban J connectivity index is 3.47. The van der Waals surface area contributed by atoms with E-state index in [2.05, 4.69) is 0 Å². The van der Waals surface area contributed by atoms with Crippen LogP contribution in [0.4, 0.5) is 8.78 Å². The Morgan fingerprint density at radius 2 is 2.06 bits per heavy atom. The summed E-state index contributed by atoms with van der Waals surface area (Å²) in [5.41, 5.74) is -2.35. The number of carbonyl (C=O) groups is 2. The first-order valence-corrected chi connectivity index (χ1v) is 4.71. The summed E-state index contributed by atoms with van der Waals surface area (Å²) in [6.07, 6.45) is 0.248. The van der Waals surface area contributed by atoms with Crippen molar-refractivity contribution in [1.82, 2.24) is 4.90 Å². The van der Waals surface area contributed by atoms with E-state index in [9.17, 15) is 18.4 Å². The van der Waals surface area contributed by atoms with Crippen LogP contribution in [0.3, 0.4) is 0 Å². The quantitative estimate of drug-likeness (QED) is 0.812. The van der Waals surface area contributed by atoms with Crippen LogP contribution in [0.2, 0.25) is 0 Å². The molecule has 0 saturated carbocycles. The van der Waals surface area contributed by atoms with E-state index in [1.54, 1.807) is 0 Å². The van der Waals surface area contributed by atoms with Crippen LogP contribution >= 0.6 is 0 Å². The predicted octanol–water partition coefficient (Wildman–Crippen LogP) is 1.35. The standard InChI is InChI=1S/C11H11F2NO3/c1-11(10(16)17,14(2)6-15)8-5-7(12)3-4-9(8)13/h3-6H,1-2H3,(H,16,17). The Kier molecular flexibility index (Phi) is 3.45. The molecule has 0 aliphatic rings. The number of rotatable bonds is 4. The third kappa shape index (κ3) is 2.11. The lowest BCUT2D eigenvalue weighted by atomic mass is 9.90. The highest BCUT2D eigenvalue weighted by Gasteiger charge is 2.41. The summed E-state index contributed by atoms with van der Waals surface area (Å²) in [7, 11) is 1.19. The smallest absolute Gasteiger partial charge is 0.334 e. The number of likely N-dealkylation sites (N-methyl/N-ethyl adjacent to an activating group) is 1. The van der Waals surface area contributed by atoms with E-state index in [0.717, 1.165) is 30.0 Å². The van der Waals surface area contributed by atoms with Gasteiger partial charge in [0.15, 0.2) is 5.54 Å². The molecule has 1 rings (SSSR count). The minimum absolute atomic E-state index is 0.248. The lowest BCUT2D eigenvalue weighted by Crippen LogP contribution is -2.47. The molecule has 0 radical (unpaired) electrons. The summed E-state index contributed by atoms with van der Waals surface area (Å²) in [5.74, 6) is -3.10. The molecule has 1 atom stereocenters. The second kappa shape index (κ2) is 4.48. The molecule has 6 heteroatoms. The van der Waals surface area contributed by atoms with Gasteiger partial charge in [-0.3, -0.25) is 4.79 Å². The van der Waals surface area contributed by atoms with E-state index in [1.165, 1.54) is 7.05 Å². The molecular formula is C11H11F2NO3. The Labute approximate surface area is 96.5 Å². The van der Waals surface area contributed by atoms with Crippen molar-refractivity contribution in [2.75, 3.05) is 7.05 Å². The van der Waals surface area contributed by atoms with Gasteiger partial charge in [-0.25, -0.2) is 13.6 Å². The summed E-state index contributed by atoms with van der Waals surface area (Å²) in [6, 6.07) is 2.47. The van der Waals surface area contributed by atoms with Crippen LogP contribution in [0, 0.1) is 11.6 Å². The monoisotopic (exact) mass is 243 g/mol. The molecule has 0 spiro atoms. The largest absolute Gasteiger partial charge is 0.479 e. The fourth-order valence-corrected chi connectivity index (χ4v) is 1.43. The highest BCUT2D eigenvalue weighted by atomic mass is 19.1. The second-order valence-corrected chi connectivity index (χ2v) is 3.72. The molecule has 1 aromatic carbocycles. The fraction of sp³-hybridized carbons (Fsp3) is 0.273. The van der Waals surface area contributed by atoms with Crippen LogP contribution < -0.4 is 0 Å². The molecule has 0 bridgehead atoms. The number of aliphatic carboxylic acids is 1. The average Bonchev–Trinajstić information content (AvgIpc) is 2.29. The summed E-state index contributed by atoms with van der Waals surface area (Å²) >= 11 is 0.